The van der Waals surface area contributed by atoms with Crippen LogP contribution in [0.3, 0.4) is 0 Å². The second-order valence-corrected chi connectivity index (χ2v) is 9.10. The zero-order chi connectivity index (χ0) is 14.2. The topological polar surface area (TPSA) is 30.7 Å². The molecule has 4 aliphatic rings. The quantitative estimate of drug-likeness (QED) is 0.764. The molecular formula is C16H24BrN3. The summed E-state index contributed by atoms with van der Waals surface area (Å²) in [5.41, 5.74) is 1.37. The molecule has 4 fully saturated rings. The summed E-state index contributed by atoms with van der Waals surface area (Å²) in [6, 6.07) is 0. The molecule has 0 aromatic carbocycles. The summed E-state index contributed by atoms with van der Waals surface area (Å²) in [5, 5.41) is 9.82. The van der Waals surface area contributed by atoms with Gasteiger partial charge in [0, 0.05) is 12.5 Å². The summed E-state index contributed by atoms with van der Waals surface area (Å²) in [6.07, 6.45) is 8.27. The van der Waals surface area contributed by atoms with E-state index in [9.17, 15) is 0 Å². The number of halogens is 1. The number of aromatic nitrogens is 3. The van der Waals surface area contributed by atoms with E-state index < -0.39 is 0 Å². The predicted molar refractivity (Wildman–Crippen MR) is 82.7 cm³/mol. The zero-order valence-electron chi connectivity index (χ0n) is 12.7. The largest absolute Gasteiger partial charge is 0.317 e. The number of alkyl halides is 1. The van der Waals surface area contributed by atoms with Crippen molar-refractivity contribution in [3.63, 3.8) is 0 Å². The maximum Gasteiger partial charge on any atom is 0.143 e. The minimum Gasteiger partial charge on any atom is -0.317 e. The van der Waals surface area contributed by atoms with Crippen LogP contribution in [0.1, 0.15) is 64.0 Å². The van der Waals surface area contributed by atoms with E-state index in [4.69, 9.17) is 0 Å². The fraction of sp³-hybridized carbons (Fsp3) is 0.875. The second-order valence-electron chi connectivity index (χ2n) is 8.54. The highest BCUT2D eigenvalue weighted by molar-refractivity contribution is 9.08. The lowest BCUT2D eigenvalue weighted by molar-refractivity contribution is -0.113. The molecular weight excluding hydrogens is 314 g/mol. The molecule has 1 aromatic rings. The zero-order valence-corrected chi connectivity index (χ0v) is 14.3. The number of hydrogen-bond acceptors (Lipinski definition) is 2. The minimum atomic E-state index is 0.297. The Labute approximate surface area is 129 Å². The molecule has 0 saturated heterocycles. The fourth-order valence-corrected chi connectivity index (χ4v) is 7.13. The van der Waals surface area contributed by atoms with E-state index in [0.717, 1.165) is 17.1 Å². The van der Waals surface area contributed by atoms with Gasteiger partial charge in [0.2, 0.25) is 0 Å². The third-order valence-corrected chi connectivity index (χ3v) is 6.69. The highest BCUT2D eigenvalue weighted by atomic mass is 79.9. The van der Waals surface area contributed by atoms with Crippen LogP contribution in [0.15, 0.2) is 0 Å². The van der Waals surface area contributed by atoms with E-state index in [1.165, 1.54) is 44.3 Å². The molecule has 1 heterocycles. The lowest BCUT2D eigenvalue weighted by Gasteiger charge is -2.64. The second kappa shape index (κ2) is 3.88. The van der Waals surface area contributed by atoms with Crippen LogP contribution in [0.5, 0.6) is 0 Å². The van der Waals surface area contributed by atoms with Gasteiger partial charge in [-0.3, -0.25) is 0 Å². The average Bonchev–Trinajstić information content (AvgIpc) is 2.66. The van der Waals surface area contributed by atoms with Gasteiger partial charge in [-0.15, -0.1) is 10.2 Å². The number of rotatable bonds is 2. The average molecular weight is 338 g/mol. The summed E-state index contributed by atoms with van der Waals surface area (Å²) in [6.45, 7) is 5.04. The van der Waals surface area contributed by atoms with Crippen LogP contribution in [-0.4, -0.2) is 14.8 Å². The molecule has 0 aliphatic heterocycles. The van der Waals surface area contributed by atoms with Crippen LogP contribution in [0.25, 0.3) is 0 Å². The molecule has 4 aliphatic carbocycles. The summed E-state index contributed by atoms with van der Waals surface area (Å²) in [5.74, 6) is 3.23. The van der Waals surface area contributed by atoms with Gasteiger partial charge in [0.05, 0.1) is 5.33 Å². The van der Waals surface area contributed by atoms with Crippen molar-refractivity contribution < 1.29 is 0 Å². The Morgan fingerprint density at radius 1 is 1.10 bits per heavy atom. The Kier molecular flexibility index (Phi) is 2.58. The first-order valence-corrected chi connectivity index (χ1v) is 8.94. The molecule has 5 rings (SSSR count). The molecule has 4 heteroatoms. The number of nitrogens with zero attached hydrogens (tertiary/aromatic N) is 3. The third-order valence-electron chi connectivity index (χ3n) is 6.19. The fourth-order valence-electron chi connectivity index (χ4n) is 6.64. The summed E-state index contributed by atoms with van der Waals surface area (Å²) in [4.78, 5) is 0. The highest BCUT2D eigenvalue weighted by Crippen LogP contribution is 2.69. The molecule has 2 unspecified atom stereocenters. The SMILES string of the molecule is Cn1c(CBr)nnc1C12CC3CC(C)(CC(C)(C3)C1)C2. The van der Waals surface area contributed by atoms with Crippen LogP contribution in [-0.2, 0) is 17.8 Å². The number of hydrogen-bond donors (Lipinski definition) is 0. The van der Waals surface area contributed by atoms with Crippen molar-refractivity contribution in [3.05, 3.63) is 11.6 Å². The first-order chi connectivity index (χ1) is 9.37. The standard InChI is InChI=1S/C16H24BrN3/c1-14-4-11-5-15(2,8-14)10-16(6-11,9-14)13-19-18-12(7-17)20(13)3/h11H,4-10H2,1-3H3. The Balaban J connectivity index is 1.82. The van der Waals surface area contributed by atoms with Crippen LogP contribution < -0.4 is 0 Å². The first-order valence-electron chi connectivity index (χ1n) is 7.82. The van der Waals surface area contributed by atoms with Gasteiger partial charge in [-0.1, -0.05) is 29.8 Å². The smallest absolute Gasteiger partial charge is 0.143 e. The maximum atomic E-state index is 4.62. The van der Waals surface area contributed by atoms with Crippen molar-refractivity contribution in [2.75, 3.05) is 0 Å². The van der Waals surface area contributed by atoms with E-state index in [1.807, 2.05) is 0 Å². The van der Waals surface area contributed by atoms with Gasteiger partial charge in [-0.2, -0.15) is 0 Å². The molecule has 4 saturated carbocycles. The van der Waals surface area contributed by atoms with Crippen molar-refractivity contribution >= 4 is 15.9 Å². The van der Waals surface area contributed by atoms with E-state index in [1.54, 1.807) is 0 Å². The molecule has 0 N–H and O–H groups in total. The van der Waals surface area contributed by atoms with Crippen LogP contribution >= 0.6 is 15.9 Å². The van der Waals surface area contributed by atoms with Gasteiger partial charge < -0.3 is 4.57 Å². The van der Waals surface area contributed by atoms with Crippen molar-refractivity contribution in [1.29, 1.82) is 0 Å². The van der Waals surface area contributed by atoms with Crippen LogP contribution in [0.4, 0.5) is 0 Å². The van der Waals surface area contributed by atoms with Gasteiger partial charge in [-0.05, 0) is 55.3 Å². The Hall–Kier alpha value is -0.380. The lowest BCUT2D eigenvalue weighted by Crippen LogP contribution is -2.57. The molecule has 20 heavy (non-hydrogen) atoms. The van der Waals surface area contributed by atoms with Crippen molar-refractivity contribution in [3.8, 4) is 0 Å². The molecule has 4 bridgehead atoms. The third kappa shape index (κ3) is 1.69. The van der Waals surface area contributed by atoms with Crippen LogP contribution in [0.2, 0.25) is 0 Å². The molecule has 0 amide bonds. The monoisotopic (exact) mass is 337 g/mol. The summed E-state index contributed by atoms with van der Waals surface area (Å²) in [7, 11) is 2.15. The van der Waals surface area contributed by atoms with Gasteiger partial charge in [-0.25, -0.2) is 0 Å². The highest BCUT2D eigenvalue weighted by Gasteiger charge is 2.61. The van der Waals surface area contributed by atoms with Gasteiger partial charge >= 0.3 is 0 Å². The van der Waals surface area contributed by atoms with Crippen LogP contribution in [0, 0.1) is 16.7 Å². The van der Waals surface area contributed by atoms with E-state index in [-0.39, 0.29) is 0 Å². The molecule has 110 valence electrons. The molecule has 2 atom stereocenters. The van der Waals surface area contributed by atoms with Gasteiger partial charge in [0.15, 0.2) is 0 Å². The molecule has 0 radical (unpaired) electrons. The Bertz CT molecular complexity index is 546. The Morgan fingerprint density at radius 3 is 2.25 bits per heavy atom. The van der Waals surface area contributed by atoms with Crippen molar-refractivity contribution in [2.24, 2.45) is 23.8 Å². The predicted octanol–water partition coefficient (Wildman–Crippen LogP) is 3.96. The van der Waals surface area contributed by atoms with Crippen molar-refractivity contribution in [2.45, 2.75) is 63.1 Å². The Morgan fingerprint density at radius 2 is 1.75 bits per heavy atom. The van der Waals surface area contributed by atoms with E-state index in [0.29, 0.717) is 16.2 Å². The normalized spacial score (nSPS) is 46.1. The summed E-state index contributed by atoms with van der Waals surface area (Å²) < 4.78 is 2.26. The van der Waals surface area contributed by atoms with E-state index in [2.05, 4.69) is 51.6 Å². The lowest BCUT2D eigenvalue weighted by atomic mass is 9.40. The first kappa shape index (κ1) is 13.3. The molecule has 0 spiro atoms. The van der Waals surface area contributed by atoms with Gasteiger partial charge in [0.25, 0.3) is 0 Å². The molecule has 1 aromatic heterocycles. The maximum absolute atomic E-state index is 4.62. The van der Waals surface area contributed by atoms with Gasteiger partial charge in [0.1, 0.15) is 11.6 Å². The van der Waals surface area contributed by atoms with E-state index >= 15 is 0 Å². The summed E-state index contributed by atoms with van der Waals surface area (Å²) >= 11 is 3.53. The molecule has 3 nitrogen and oxygen atoms in total. The van der Waals surface area contributed by atoms with Crippen molar-refractivity contribution in [1.82, 2.24) is 14.8 Å². The minimum absolute atomic E-state index is 0.297.